The third kappa shape index (κ3) is 9.90. The van der Waals surface area contributed by atoms with E-state index in [1.807, 2.05) is 42.7 Å². The van der Waals surface area contributed by atoms with Crippen molar-refractivity contribution in [1.29, 1.82) is 0 Å². The quantitative estimate of drug-likeness (QED) is 0.165. The predicted octanol–water partition coefficient (Wildman–Crippen LogP) is 18.3. The molecule has 3 aliphatic rings. The van der Waals surface area contributed by atoms with Crippen molar-refractivity contribution < 1.29 is 60.3 Å². The molecule has 0 unspecified atom stereocenters. The van der Waals surface area contributed by atoms with Crippen LogP contribution in [0.1, 0.15) is 183 Å². The Bertz CT molecular complexity index is 3780. The van der Waals surface area contributed by atoms with Gasteiger partial charge in [0.1, 0.15) is 5.82 Å². The minimum absolute atomic E-state index is 0. The smallest absolute Gasteiger partial charge is 0.102 e. The molecule has 0 amide bonds. The van der Waals surface area contributed by atoms with Crippen LogP contribution >= 0.6 is 0 Å². The maximum atomic E-state index is 5.10. The first-order valence-corrected chi connectivity index (χ1v) is 28.0. The molecule has 0 bridgehead atoms. The van der Waals surface area contributed by atoms with E-state index in [0.717, 1.165) is 62.3 Å². The zero-order chi connectivity index (χ0) is 55.8. The number of nitrogens with zero attached hydrogens (tertiary/aromatic N) is 5. The van der Waals surface area contributed by atoms with E-state index in [1.54, 1.807) is 0 Å². The van der Waals surface area contributed by atoms with E-state index in [-0.39, 0.29) is 109 Å². The molecule has 0 saturated heterocycles. The van der Waals surface area contributed by atoms with Crippen molar-refractivity contribution in [2.45, 2.75) is 183 Å². The number of benzene rings is 5. The molecule has 5 nitrogen and oxygen atoms in total. The van der Waals surface area contributed by atoms with Crippen LogP contribution in [0.3, 0.4) is 0 Å². The van der Waals surface area contributed by atoms with Gasteiger partial charge in [0.15, 0.2) is 0 Å². The van der Waals surface area contributed by atoms with Crippen molar-refractivity contribution in [3.63, 3.8) is 0 Å². The molecule has 12 rings (SSSR count). The Labute approximate surface area is 519 Å². The Morgan fingerprint density at radius 3 is 1.55 bits per heavy atom. The van der Waals surface area contributed by atoms with Crippen molar-refractivity contribution in [1.82, 2.24) is 24.3 Å². The molecule has 0 aliphatic heterocycles. The number of hydrogen-bond acceptors (Lipinski definition) is 4. The van der Waals surface area contributed by atoms with Crippen LogP contribution in [0.15, 0.2) is 122 Å². The molecule has 0 atom stereocenters. The van der Waals surface area contributed by atoms with Crippen LogP contribution in [0.5, 0.6) is 0 Å². The summed E-state index contributed by atoms with van der Waals surface area (Å²) in [6.45, 7) is 46.7. The Balaban J connectivity index is 0.000000172. The average Bonchev–Trinajstić information content (AvgIpc) is 4.09. The molecular formula is C72H82Ir3N5-3. The fraction of sp³-hybridized carbons (Fsp3) is 0.417. The molecule has 425 valence electrons. The second-order valence-electron chi connectivity index (χ2n) is 28.3. The number of aryl methyl sites for hydroxylation is 1. The SMILES string of the molecule is CC(C)(C)c1nc2ccc[c-]c2c2nc3cc4c(cc3n12)C(C)(C)CC4(C)C.CC1(C)c2c[c-]c(-c3ccccn3)cc2C(C)(C)C1(C)C.Cc1cc(-c2[c-]cc3c(c2)C(C)(C)C(C)(C)C3(C)C)ncc1-c1ccccc1.[Ir].[Ir].[Ir]. The molecule has 9 aromatic rings. The fourth-order valence-corrected chi connectivity index (χ4v) is 13.7. The van der Waals surface area contributed by atoms with Gasteiger partial charge < -0.3 is 14.4 Å². The van der Waals surface area contributed by atoms with Crippen molar-refractivity contribution in [2.75, 3.05) is 0 Å². The molecule has 8 heteroatoms. The second-order valence-corrected chi connectivity index (χ2v) is 28.3. The van der Waals surface area contributed by atoms with E-state index in [9.17, 15) is 0 Å². The summed E-state index contributed by atoms with van der Waals surface area (Å²) in [7, 11) is 0. The van der Waals surface area contributed by atoms with Crippen molar-refractivity contribution in [2.24, 2.45) is 10.8 Å². The van der Waals surface area contributed by atoms with Crippen molar-refractivity contribution in [3.05, 3.63) is 185 Å². The van der Waals surface area contributed by atoms with Gasteiger partial charge in [0.25, 0.3) is 0 Å². The summed E-state index contributed by atoms with van der Waals surface area (Å²) in [5, 5.41) is 0.991. The van der Waals surface area contributed by atoms with Gasteiger partial charge in [0.2, 0.25) is 0 Å². The van der Waals surface area contributed by atoms with Gasteiger partial charge in [-0.1, -0.05) is 185 Å². The molecule has 4 heterocycles. The first-order valence-electron chi connectivity index (χ1n) is 28.0. The summed E-state index contributed by atoms with van der Waals surface area (Å²) in [6.07, 6.45) is 5.00. The van der Waals surface area contributed by atoms with Gasteiger partial charge in [-0.3, -0.25) is 9.97 Å². The summed E-state index contributed by atoms with van der Waals surface area (Å²) < 4.78 is 2.27. The Morgan fingerprint density at radius 1 is 0.500 bits per heavy atom. The predicted molar refractivity (Wildman–Crippen MR) is 323 cm³/mol. The molecule has 0 spiro atoms. The van der Waals surface area contributed by atoms with Crippen LogP contribution in [0.4, 0.5) is 0 Å². The third-order valence-corrected chi connectivity index (χ3v) is 20.6. The Hall–Kier alpha value is -4.51. The zero-order valence-electron chi connectivity index (χ0n) is 51.0. The summed E-state index contributed by atoms with van der Waals surface area (Å²) in [5.41, 5.74) is 21.6. The minimum atomic E-state index is -0.0935. The van der Waals surface area contributed by atoms with Crippen molar-refractivity contribution >= 4 is 27.6 Å². The fourth-order valence-electron chi connectivity index (χ4n) is 13.7. The van der Waals surface area contributed by atoms with E-state index in [2.05, 4.69) is 245 Å². The molecule has 4 aromatic heterocycles. The van der Waals surface area contributed by atoms with Gasteiger partial charge in [0, 0.05) is 83.7 Å². The number of aromatic nitrogens is 5. The standard InChI is InChI=1S/C27H30N.C25H28N3.C20H24N.3Ir/c1-18-15-24(28-17-21(18)19-11-9-8-10-12-19)20-13-14-22-23(16-20)26(4,5)27(6,7)25(22,2)3;1-23(2,3)22-27-18-11-9-8-10-15(18)21-26-19-12-16-17(13-20(19)28(21)22)25(6,7)14-24(16,4)5;1-18(2)15-11-10-14(17-9-7-8-12-21-17)13-16(15)19(3,4)20(18,5)6;;;/h8-12,14-17H,1-7H3;8-9,11-13H,14H2,1-7H3;7-9,11-13H,1-6H3;;;/q3*-1;;;. The Kier molecular flexibility index (Phi) is 16.8. The van der Waals surface area contributed by atoms with E-state index in [0.29, 0.717) is 0 Å². The van der Waals surface area contributed by atoms with Gasteiger partial charge in [-0.15, -0.1) is 94.0 Å². The van der Waals surface area contributed by atoms with E-state index in [4.69, 9.17) is 15.0 Å². The first-order chi connectivity index (χ1) is 35.8. The summed E-state index contributed by atoms with van der Waals surface area (Å²) >= 11 is 0. The number of imidazole rings is 1. The molecule has 0 N–H and O–H groups in total. The summed E-state index contributed by atoms with van der Waals surface area (Å²) in [5.74, 6) is 1.05. The molecule has 3 radical (unpaired) electrons. The molecule has 0 saturated carbocycles. The van der Waals surface area contributed by atoms with Crippen LogP contribution in [0, 0.1) is 36.0 Å². The van der Waals surface area contributed by atoms with Gasteiger partial charge in [-0.25, -0.2) is 0 Å². The van der Waals surface area contributed by atoms with Crippen LogP contribution in [0.25, 0.3) is 61.2 Å². The van der Waals surface area contributed by atoms with Gasteiger partial charge in [-0.2, -0.15) is 0 Å². The molecule has 3 aliphatic carbocycles. The van der Waals surface area contributed by atoms with E-state index >= 15 is 0 Å². The second kappa shape index (κ2) is 21.3. The number of pyridine rings is 2. The van der Waals surface area contributed by atoms with E-state index in [1.165, 1.54) is 50.1 Å². The topological polar surface area (TPSA) is 56.0 Å². The number of rotatable bonds is 3. The molecule has 80 heavy (non-hydrogen) atoms. The van der Waals surface area contributed by atoms with Gasteiger partial charge in [-0.05, 0) is 114 Å². The number of fused-ring (bicyclic) bond motifs is 8. The van der Waals surface area contributed by atoms with Gasteiger partial charge >= 0.3 is 0 Å². The van der Waals surface area contributed by atoms with Crippen LogP contribution < -0.4 is 0 Å². The monoisotopic (exact) mass is 1600 g/mol. The first kappa shape index (κ1) is 63.1. The molecular weight excluding hydrogens is 1510 g/mol. The van der Waals surface area contributed by atoms with Crippen LogP contribution in [-0.2, 0) is 98.2 Å². The van der Waals surface area contributed by atoms with Crippen molar-refractivity contribution in [3.8, 4) is 33.6 Å². The van der Waals surface area contributed by atoms with E-state index < -0.39 is 0 Å². The third-order valence-electron chi connectivity index (χ3n) is 20.6. The largest absolute Gasteiger partial charge is 0.321 e. The normalized spacial score (nSPS) is 18.4. The maximum Gasteiger partial charge on any atom is 0.102 e. The zero-order valence-corrected chi connectivity index (χ0v) is 58.2. The van der Waals surface area contributed by atoms with Crippen LogP contribution in [-0.4, -0.2) is 24.3 Å². The van der Waals surface area contributed by atoms with Crippen LogP contribution in [0.2, 0.25) is 0 Å². The van der Waals surface area contributed by atoms with Gasteiger partial charge in [0.05, 0.1) is 16.7 Å². The Morgan fingerprint density at radius 2 is 1.02 bits per heavy atom. The summed E-state index contributed by atoms with van der Waals surface area (Å²) in [6, 6.07) is 48.8. The number of hydrogen-bond donors (Lipinski definition) is 0. The average molecular weight is 1590 g/mol. The maximum absolute atomic E-state index is 5.10. The minimum Gasteiger partial charge on any atom is -0.321 e. The molecule has 0 fully saturated rings. The molecule has 5 aromatic carbocycles. The summed E-state index contributed by atoms with van der Waals surface area (Å²) in [4.78, 5) is 19.4.